The lowest BCUT2D eigenvalue weighted by atomic mass is 9.96. The van der Waals surface area contributed by atoms with Gasteiger partial charge in [0.25, 0.3) is 0 Å². The van der Waals surface area contributed by atoms with Crippen molar-refractivity contribution >= 4 is 0 Å². The topological polar surface area (TPSA) is 41.5 Å². The summed E-state index contributed by atoms with van der Waals surface area (Å²) in [7, 11) is 1.60. The van der Waals surface area contributed by atoms with Gasteiger partial charge in [-0.3, -0.25) is 0 Å². The predicted octanol–water partition coefficient (Wildman–Crippen LogP) is 2.44. The van der Waals surface area contributed by atoms with Crippen molar-refractivity contribution in [2.24, 2.45) is 0 Å². The van der Waals surface area contributed by atoms with Crippen LogP contribution in [0.3, 0.4) is 0 Å². The average Bonchev–Trinajstić information content (AvgIpc) is 2.77. The van der Waals surface area contributed by atoms with Crippen LogP contribution < -0.4 is 10.1 Å². The summed E-state index contributed by atoms with van der Waals surface area (Å²) in [5, 5.41) is 13.4. The number of phenolic OH excluding ortho intramolecular Hbond substituents is 1. The van der Waals surface area contributed by atoms with E-state index in [0.29, 0.717) is 11.8 Å². The maximum absolute atomic E-state index is 9.90. The van der Waals surface area contributed by atoms with E-state index in [9.17, 15) is 5.11 Å². The van der Waals surface area contributed by atoms with Crippen LogP contribution in [0.4, 0.5) is 0 Å². The molecule has 1 heterocycles. The number of benzene rings is 1. The predicted molar refractivity (Wildman–Crippen MR) is 64.1 cm³/mol. The van der Waals surface area contributed by atoms with Gasteiger partial charge in [0.05, 0.1) is 7.11 Å². The normalized spacial score (nSPS) is 20.1. The molecule has 1 aromatic carbocycles. The van der Waals surface area contributed by atoms with Crippen LogP contribution in [0, 0.1) is 13.8 Å². The van der Waals surface area contributed by atoms with Crippen molar-refractivity contribution in [3.63, 3.8) is 0 Å². The SMILES string of the molecule is COc1c(C)c(C2CCCN2)cc(C)c1O. The highest BCUT2D eigenvalue weighted by atomic mass is 16.5. The zero-order valence-corrected chi connectivity index (χ0v) is 10.1. The Morgan fingerprint density at radius 2 is 2.19 bits per heavy atom. The van der Waals surface area contributed by atoms with Crippen molar-refractivity contribution in [2.75, 3.05) is 13.7 Å². The first-order valence-electron chi connectivity index (χ1n) is 5.75. The highest BCUT2D eigenvalue weighted by Crippen LogP contribution is 2.39. The summed E-state index contributed by atoms with van der Waals surface area (Å²) in [5.74, 6) is 0.880. The largest absolute Gasteiger partial charge is 0.504 e. The van der Waals surface area contributed by atoms with Crippen molar-refractivity contribution in [2.45, 2.75) is 32.7 Å². The molecule has 3 heteroatoms. The first-order chi connectivity index (χ1) is 7.65. The molecule has 0 spiro atoms. The number of hydrogen-bond donors (Lipinski definition) is 2. The average molecular weight is 221 g/mol. The third kappa shape index (κ3) is 1.76. The van der Waals surface area contributed by atoms with Crippen LogP contribution >= 0.6 is 0 Å². The molecule has 0 radical (unpaired) electrons. The molecule has 16 heavy (non-hydrogen) atoms. The van der Waals surface area contributed by atoms with Gasteiger partial charge in [0.2, 0.25) is 0 Å². The third-order valence-corrected chi connectivity index (χ3v) is 3.37. The minimum Gasteiger partial charge on any atom is -0.504 e. The molecule has 2 N–H and O–H groups in total. The molecular weight excluding hydrogens is 202 g/mol. The van der Waals surface area contributed by atoms with E-state index in [4.69, 9.17) is 4.74 Å². The van der Waals surface area contributed by atoms with Gasteiger partial charge in [-0.05, 0) is 49.9 Å². The minimum absolute atomic E-state index is 0.266. The summed E-state index contributed by atoms with van der Waals surface area (Å²) in [4.78, 5) is 0. The number of nitrogens with one attached hydrogen (secondary N) is 1. The van der Waals surface area contributed by atoms with Gasteiger partial charge in [0.15, 0.2) is 11.5 Å². The second-order valence-corrected chi connectivity index (χ2v) is 4.44. The van der Waals surface area contributed by atoms with Gasteiger partial charge in [0, 0.05) is 6.04 Å². The van der Waals surface area contributed by atoms with Crippen molar-refractivity contribution in [1.82, 2.24) is 5.32 Å². The molecule has 2 rings (SSSR count). The summed E-state index contributed by atoms with van der Waals surface area (Å²) >= 11 is 0. The van der Waals surface area contributed by atoms with Crippen molar-refractivity contribution in [1.29, 1.82) is 0 Å². The fraction of sp³-hybridized carbons (Fsp3) is 0.538. The second kappa shape index (κ2) is 4.34. The smallest absolute Gasteiger partial charge is 0.163 e. The summed E-state index contributed by atoms with van der Waals surface area (Å²) in [6.45, 7) is 5.00. The Labute approximate surface area is 96.4 Å². The van der Waals surface area contributed by atoms with E-state index in [1.807, 2.05) is 13.8 Å². The number of phenols is 1. The fourth-order valence-corrected chi connectivity index (χ4v) is 2.46. The lowest BCUT2D eigenvalue weighted by Crippen LogP contribution is -2.14. The van der Waals surface area contributed by atoms with Crippen LogP contribution in [0.15, 0.2) is 6.07 Å². The van der Waals surface area contributed by atoms with Crippen LogP contribution in [-0.2, 0) is 0 Å². The lowest BCUT2D eigenvalue weighted by molar-refractivity contribution is 0.367. The highest BCUT2D eigenvalue weighted by molar-refractivity contribution is 5.54. The van der Waals surface area contributed by atoms with Crippen molar-refractivity contribution in [3.8, 4) is 11.5 Å². The molecule has 1 saturated heterocycles. The van der Waals surface area contributed by atoms with E-state index < -0.39 is 0 Å². The van der Waals surface area contributed by atoms with E-state index in [2.05, 4.69) is 11.4 Å². The second-order valence-electron chi connectivity index (χ2n) is 4.44. The molecule has 0 aromatic heterocycles. The Morgan fingerprint density at radius 3 is 2.75 bits per heavy atom. The molecule has 1 fully saturated rings. The van der Waals surface area contributed by atoms with Gasteiger partial charge < -0.3 is 15.2 Å². The molecular formula is C13H19NO2. The lowest BCUT2D eigenvalue weighted by Gasteiger charge is -2.18. The Morgan fingerprint density at radius 1 is 1.44 bits per heavy atom. The van der Waals surface area contributed by atoms with E-state index in [1.54, 1.807) is 7.11 Å². The quantitative estimate of drug-likeness (QED) is 0.806. The summed E-state index contributed by atoms with van der Waals surface area (Å²) in [6, 6.07) is 2.48. The van der Waals surface area contributed by atoms with Crippen molar-refractivity contribution < 1.29 is 9.84 Å². The number of rotatable bonds is 2. The number of hydrogen-bond acceptors (Lipinski definition) is 3. The number of aromatic hydroxyl groups is 1. The fourth-order valence-electron chi connectivity index (χ4n) is 2.46. The van der Waals surface area contributed by atoms with Crippen LogP contribution in [0.25, 0.3) is 0 Å². The van der Waals surface area contributed by atoms with Gasteiger partial charge in [-0.15, -0.1) is 0 Å². The Kier molecular flexibility index (Phi) is 3.06. The third-order valence-electron chi connectivity index (χ3n) is 3.37. The summed E-state index contributed by atoms with van der Waals surface area (Å²) in [6.07, 6.45) is 2.38. The first kappa shape index (κ1) is 11.3. The molecule has 0 bridgehead atoms. The van der Waals surface area contributed by atoms with E-state index in [0.717, 1.165) is 24.1 Å². The van der Waals surface area contributed by atoms with E-state index in [1.165, 1.54) is 12.0 Å². The van der Waals surface area contributed by atoms with Crippen molar-refractivity contribution in [3.05, 3.63) is 22.8 Å². The molecule has 1 aliphatic heterocycles. The zero-order valence-electron chi connectivity index (χ0n) is 10.1. The molecule has 0 aliphatic carbocycles. The Bertz CT molecular complexity index is 395. The summed E-state index contributed by atoms with van der Waals surface area (Å²) in [5.41, 5.74) is 3.18. The maximum Gasteiger partial charge on any atom is 0.163 e. The molecule has 0 saturated carbocycles. The minimum atomic E-state index is 0.266. The van der Waals surface area contributed by atoms with Gasteiger partial charge in [-0.2, -0.15) is 0 Å². The molecule has 0 amide bonds. The van der Waals surface area contributed by atoms with Gasteiger partial charge in [-0.1, -0.05) is 6.07 Å². The molecule has 3 nitrogen and oxygen atoms in total. The standard InChI is InChI=1S/C13H19NO2/c1-8-7-10(11-5-4-6-14-11)9(2)13(16-3)12(8)15/h7,11,14-15H,4-6H2,1-3H3. The monoisotopic (exact) mass is 221 g/mol. The summed E-state index contributed by atoms with van der Waals surface area (Å²) < 4.78 is 5.28. The Balaban J connectivity index is 2.49. The van der Waals surface area contributed by atoms with Crippen LogP contribution in [0.1, 0.15) is 35.6 Å². The molecule has 1 unspecified atom stereocenters. The number of aryl methyl sites for hydroxylation is 1. The number of methoxy groups -OCH3 is 1. The van der Waals surface area contributed by atoms with E-state index in [-0.39, 0.29) is 5.75 Å². The van der Waals surface area contributed by atoms with Gasteiger partial charge in [0.1, 0.15) is 0 Å². The zero-order chi connectivity index (χ0) is 11.7. The first-order valence-corrected chi connectivity index (χ1v) is 5.75. The van der Waals surface area contributed by atoms with Crippen LogP contribution in [0.5, 0.6) is 11.5 Å². The maximum atomic E-state index is 9.90. The van der Waals surface area contributed by atoms with Crippen LogP contribution in [-0.4, -0.2) is 18.8 Å². The van der Waals surface area contributed by atoms with Gasteiger partial charge >= 0.3 is 0 Å². The van der Waals surface area contributed by atoms with E-state index >= 15 is 0 Å². The molecule has 88 valence electrons. The molecule has 1 atom stereocenters. The van der Waals surface area contributed by atoms with Gasteiger partial charge in [-0.25, -0.2) is 0 Å². The van der Waals surface area contributed by atoms with Crippen LogP contribution in [0.2, 0.25) is 0 Å². The highest BCUT2D eigenvalue weighted by Gasteiger charge is 2.22. The molecule has 1 aromatic rings. The number of ether oxygens (including phenoxy) is 1. The Hall–Kier alpha value is -1.22. The molecule has 1 aliphatic rings.